The van der Waals surface area contributed by atoms with Gasteiger partial charge < -0.3 is 15.4 Å². The Morgan fingerprint density at radius 3 is 2.42 bits per heavy atom. The molecule has 1 atom stereocenters. The maximum Gasteiger partial charge on any atom is 0.255 e. The molecule has 166 valence electrons. The smallest absolute Gasteiger partial charge is 0.255 e. The number of aromatic nitrogens is 2. The Hall–Kier alpha value is -2.60. The van der Waals surface area contributed by atoms with E-state index in [-0.39, 0.29) is 11.9 Å². The predicted octanol–water partition coefficient (Wildman–Crippen LogP) is 6.29. The number of fused-ring (bicyclic) bond motifs is 3. The van der Waals surface area contributed by atoms with Crippen molar-refractivity contribution in [3.05, 3.63) is 85.0 Å². The van der Waals surface area contributed by atoms with Gasteiger partial charge in [-0.1, -0.05) is 30.3 Å². The first-order valence-electron chi connectivity index (χ1n) is 10.3. The number of carbonyl (C=O) groups excluding carboxylic acids is 1. The summed E-state index contributed by atoms with van der Waals surface area (Å²) in [6, 6.07) is 21.2. The number of rotatable bonds is 4. The van der Waals surface area contributed by atoms with E-state index in [2.05, 4.69) is 67.9 Å². The number of benzene rings is 3. The molecule has 1 aliphatic rings. The monoisotopic (exact) mass is 662 g/mol. The number of allylic oxidation sites excluding steroid dienone is 1. The predicted molar refractivity (Wildman–Crippen MR) is 148 cm³/mol. The summed E-state index contributed by atoms with van der Waals surface area (Å²) in [4.78, 5) is 18.4. The second-order valence-corrected chi connectivity index (χ2v) is 10.00. The zero-order valence-corrected chi connectivity index (χ0v) is 22.2. The number of hydrogen-bond donors (Lipinski definition) is 2. The summed E-state index contributed by atoms with van der Waals surface area (Å²) in [5.74, 6) is 1.40. The molecule has 2 heterocycles. The SMILES string of the molecule is COc1c(I)cc(C2Nc3nc4ccccc4n3C(C)=C2C(=O)Nc2ccccc2)cc1I. The van der Waals surface area contributed by atoms with Gasteiger partial charge in [-0.3, -0.25) is 9.36 Å². The molecule has 0 saturated carbocycles. The highest BCUT2D eigenvalue weighted by atomic mass is 127. The molecule has 0 saturated heterocycles. The minimum Gasteiger partial charge on any atom is -0.495 e. The molecule has 6 nitrogen and oxygen atoms in total. The van der Waals surface area contributed by atoms with E-state index in [1.807, 2.05) is 66.1 Å². The Labute approximate surface area is 218 Å². The molecule has 2 N–H and O–H groups in total. The number of amides is 1. The second kappa shape index (κ2) is 8.98. The van der Waals surface area contributed by atoms with E-state index in [9.17, 15) is 4.79 Å². The van der Waals surface area contributed by atoms with Crippen LogP contribution in [-0.4, -0.2) is 22.6 Å². The van der Waals surface area contributed by atoms with Crippen molar-refractivity contribution in [3.63, 3.8) is 0 Å². The average molecular weight is 662 g/mol. The summed E-state index contributed by atoms with van der Waals surface area (Å²) >= 11 is 4.55. The van der Waals surface area contributed by atoms with Crippen LogP contribution < -0.4 is 15.4 Å². The van der Waals surface area contributed by atoms with Gasteiger partial charge in [-0.2, -0.15) is 0 Å². The van der Waals surface area contributed by atoms with E-state index in [1.165, 1.54) is 0 Å². The Kier molecular flexibility index (Phi) is 6.04. The fourth-order valence-corrected chi connectivity index (χ4v) is 6.46. The molecule has 3 aromatic carbocycles. The van der Waals surface area contributed by atoms with Crippen LogP contribution in [0.3, 0.4) is 0 Å². The summed E-state index contributed by atoms with van der Waals surface area (Å²) in [7, 11) is 1.67. The van der Waals surface area contributed by atoms with Crippen molar-refractivity contribution < 1.29 is 9.53 Å². The topological polar surface area (TPSA) is 68.2 Å². The van der Waals surface area contributed by atoms with Gasteiger partial charge in [0.1, 0.15) is 5.75 Å². The van der Waals surface area contributed by atoms with Gasteiger partial charge in [0.05, 0.1) is 36.9 Å². The Bertz CT molecular complexity index is 1390. The van der Waals surface area contributed by atoms with E-state index in [0.717, 1.165) is 46.8 Å². The number of para-hydroxylation sites is 3. The standard InChI is InChI=1S/C25H20I2N4O2/c1-14-21(24(32)28-16-8-4-3-5-9-16)22(15-12-17(26)23(33-2)18(27)13-15)30-25-29-19-10-6-7-11-20(19)31(14)25/h3-13,22H,1-2H3,(H,28,32)(H,29,30). The maximum atomic E-state index is 13.7. The molecule has 0 aliphatic carbocycles. The highest BCUT2D eigenvalue weighted by molar-refractivity contribution is 14.1. The van der Waals surface area contributed by atoms with Crippen LogP contribution in [-0.2, 0) is 4.79 Å². The molecule has 5 rings (SSSR count). The van der Waals surface area contributed by atoms with Crippen LogP contribution in [0.25, 0.3) is 16.7 Å². The normalized spacial score (nSPS) is 15.2. The Morgan fingerprint density at radius 2 is 1.73 bits per heavy atom. The molecule has 0 fully saturated rings. The van der Waals surface area contributed by atoms with Crippen LogP contribution in [0.2, 0.25) is 0 Å². The molecule has 1 aromatic heterocycles. The molecular weight excluding hydrogens is 642 g/mol. The van der Waals surface area contributed by atoms with Crippen molar-refractivity contribution in [2.24, 2.45) is 0 Å². The molecule has 0 radical (unpaired) electrons. The van der Waals surface area contributed by atoms with E-state index in [1.54, 1.807) is 7.11 Å². The third-order valence-corrected chi connectivity index (χ3v) is 7.29. The van der Waals surface area contributed by atoms with Crippen LogP contribution in [0.5, 0.6) is 5.75 Å². The number of methoxy groups -OCH3 is 1. The van der Waals surface area contributed by atoms with Crippen LogP contribution in [0, 0.1) is 7.14 Å². The quantitative estimate of drug-likeness (QED) is 0.252. The lowest BCUT2D eigenvalue weighted by Gasteiger charge is -2.30. The molecule has 0 spiro atoms. The first-order chi connectivity index (χ1) is 16.0. The molecule has 1 unspecified atom stereocenters. The lowest BCUT2D eigenvalue weighted by atomic mass is 9.94. The number of ether oxygens (including phenoxy) is 1. The zero-order valence-electron chi connectivity index (χ0n) is 17.9. The van der Waals surface area contributed by atoms with Gasteiger partial charge >= 0.3 is 0 Å². The first kappa shape index (κ1) is 22.2. The highest BCUT2D eigenvalue weighted by Crippen LogP contribution is 2.41. The lowest BCUT2D eigenvalue weighted by Crippen LogP contribution is -2.30. The van der Waals surface area contributed by atoms with Crippen molar-refractivity contribution in [2.45, 2.75) is 13.0 Å². The minimum atomic E-state index is -0.369. The molecule has 4 aromatic rings. The first-order valence-corrected chi connectivity index (χ1v) is 12.5. The fraction of sp³-hybridized carbons (Fsp3) is 0.120. The van der Waals surface area contributed by atoms with Crippen LogP contribution >= 0.6 is 45.2 Å². The summed E-state index contributed by atoms with van der Waals surface area (Å²) in [6.45, 7) is 1.98. The van der Waals surface area contributed by atoms with Gasteiger partial charge in [0, 0.05) is 11.4 Å². The second-order valence-electron chi connectivity index (χ2n) is 7.67. The van der Waals surface area contributed by atoms with Crippen LogP contribution in [0.4, 0.5) is 11.6 Å². The van der Waals surface area contributed by atoms with E-state index < -0.39 is 0 Å². The molecule has 1 amide bonds. The van der Waals surface area contributed by atoms with Gasteiger partial charge in [-0.15, -0.1) is 0 Å². The number of hydrogen-bond acceptors (Lipinski definition) is 4. The number of anilines is 2. The lowest BCUT2D eigenvalue weighted by molar-refractivity contribution is -0.113. The van der Waals surface area contributed by atoms with Crippen molar-refractivity contribution in [3.8, 4) is 5.75 Å². The molecule has 0 bridgehead atoms. The van der Waals surface area contributed by atoms with Gasteiger partial charge in [-0.25, -0.2) is 4.98 Å². The van der Waals surface area contributed by atoms with Crippen molar-refractivity contribution in [1.82, 2.24) is 9.55 Å². The van der Waals surface area contributed by atoms with Crippen LogP contribution in [0.1, 0.15) is 18.5 Å². The van der Waals surface area contributed by atoms with Crippen molar-refractivity contribution >= 4 is 79.5 Å². The van der Waals surface area contributed by atoms with E-state index in [4.69, 9.17) is 9.72 Å². The van der Waals surface area contributed by atoms with E-state index >= 15 is 0 Å². The molecule has 1 aliphatic heterocycles. The maximum absolute atomic E-state index is 13.7. The third-order valence-electron chi connectivity index (χ3n) is 5.68. The minimum absolute atomic E-state index is 0.152. The summed E-state index contributed by atoms with van der Waals surface area (Å²) in [6.07, 6.45) is 0. The largest absolute Gasteiger partial charge is 0.495 e. The zero-order chi connectivity index (χ0) is 23.1. The van der Waals surface area contributed by atoms with Crippen molar-refractivity contribution in [1.29, 1.82) is 0 Å². The van der Waals surface area contributed by atoms with Gasteiger partial charge in [0.2, 0.25) is 5.95 Å². The molecule has 8 heteroatoms. The Morgan fingerprint density at radius 1 is 1.06 bits per heavy atom. The van der Waals surface area contributed by atoms with Gasteiger partial charge in [0.15, 0.2) is 0 Å². The fourth-order valence-electron chi connectivity index (χ4n) is 4.20. The number of halogens is 2. The van der Waals surface area contributed by atoms with Gasteiger partial charge in [-0.05, 0) is 94.1 Å². The third kappa shape index (κ3) is 3.99. The summed E-state index contributed by atoms with van der Waals surface area (Å²) in [5.41, 5.74) is 5.05. The highest BCUT2D eigenvalue weighted by Gasteiger charge is 2.33. The number of carbonyl (C=O) groups is 1. The Balaban J connectivity index is 1.68. The molecule has 33 heavy (non-hydrogen) atoms. The number of nitrogens with one attached hydrogen (secondary N) is 2. The number of imidazole rings is 1. The van der Waals surface area contributed by atoms with Crippen LogP contribution in [0.15, 0.2) is 72.3 Å². The summed E-state index contributed by atoms with van der Waals surface area (Å²) in [5, 5.41) is 6.59. The molecular formula is C25H20I2N4O2. The van der Waals surface area contributed by atoms with Gasteiger partial charge in [0.25, 0.3) is 5.91 Å². The van der Waals surface area contributed by atoms with E-state index in [0.29, 0.717) is 5.57 Å². The number of nitrogens with zero attached hydrogens (tertiary/aromatic N) is 2. The average Bonchev–Trinajstić information content (AvgIpc) is 3.18. The van der Waals surface area contributed by atoms with Crippen molar-refractivity contribution in [2.75, 3.05) is 17.7 Å². The summed E-state index contributed by atoms with van der Waals surface area (Å²) < 4.78 is 9.53.